The van der Waals surface area contributed by atoms with E-state index in [2.05, 4.69) is 20.7 Å². The molecule has 0 heterocycles. The lowest BCUT2D eigenvalue weighted by Gasteiger charge is -2.20. The number of halogens is 4. The smallest absolute Gasteiger partial charge is 0.425 e. The number of unbranched alkanes of at least 4 members (excludes halogenated alkanes) is 2. The average Bonchev–Trinajstić information content (AvgIpc) is 2.49. The van der Waals surface area contributed by atoms with E-state index in [1.165, 1.54) is 12.1 Å². The maximum atomic E-state index is 13.0. The van der Waals surface area contributed by atoms with E-state index in [1.807, 2.05) is 6.92 Å². The third-order valence-electron chi connectivity index (χ3n) is 3.15. The van der Waals surface area contributed by atoms with E-state index in [9.17, 15) is 18.0 Å². The molecule has 1 aromatic carbocycles. The molecule has 0 radical (unpaired) electrons. The molecule has 0 spiro atoms. The fraction of sp³-hybridized carbons (Fsp3) is 0.562. The van der Waals surface area contributed by atoms with Crippen molar-refractivity contribution >= 4 is 21.9 Å². The first-order valence-electron chi connectivity index (χ1n) is 7.45. The summed E-state index contributed by atoms with van der Waals surface area (Å²) in [6, 6.07) is 5.99. The van der Waals surface area contributed by atoms with Crippen molar-refractivity contribution in [3.8, 4) is 0 Å². The van der Waals surface area contributed by atoms with E-state index in [1.54, 1.807) is 12.1 Å². The highest BCUT2D eigenvalue weighted by atomic mass is 79.9. The minimum absolute atomic E-state index is 0.0961. The topological polar surface area (TPSA) is 35.5 Å². The van der Waals surface area contributed by atoms with Gasteiger partial charge >= 0.3 is 12.1 Å². The summed E-state index contributed by atoms with van der Waals surface area (Å²) in [5, 5.41) is 0. The monoisotopic (exact) mass is 396 g/mol. The molecule has 0 bridgehead atoms. The van der Waals surface area contributed by atoms with Crippen molar-refractivity contribution in [3.63, 3.8) is 0 Å². The van der Waals surface area contributed by atoms with Crippen LogP contribution in [0.5, 0.6) is 0 Å². The minimum Gasteiger partial charge on any atom is -0.449 e. The molecule has 3 nitrogen and oxygen atoms in total. The molecule has 1 rings (SSSR count). The summed E-state index contributed by atoms with van der Waals surface area (Å²) >= 11 is 3.19. The van der Waals surface area contributed by atoms with Crippen LogP contribution in [0, 0.1) is 0 Å². The number of ether oxygens (including phenoxy) is 2. The van der Waals surface area contributed by atoms with Gasteiger partial charge < -0.3 is 9.47 Å². The second-order valence-electron chi connectivity index (χ2n) is 4.99. The van der Waals surface area contributed by atoms with Gasteiger partial charge in [0.2, 0.25) is 0 Å². The summed E-state index contributed by atoms with van der Waals surface area (Å²) in [7, 11) is 0. The first-order valence-corrected chi connectivity index (χ1v) is 8.25. The summed E-state index contributed by atoms with van der Waals surface area (Å²) in [5.74, 6) is -0.964. The Hall–Kier alpha value is -1.08. The van der Waals surface area contributed by atoms with E-state index in [4.69, 9.17) is 4.74 Å². The van der Waals surface area contributed by atoms with Crippen LogP contribution in [0.15, 0.2) is 28.7 Å². The third kappa shape index (κ3) is 7.83. The highest BCUT2D eigenvalue weighted by Gasteiger charge is 2.42. The number of benzene rings is 1. The zero-order valence-corrected chi connectivity index (χ0v) is 14.5. The van der Waals surface area contributed by atoms with Crippen LogP contribution in [0.4, 0.5) is 13.2 Å². The lowest BCUT2D eigenvalue weighted by Crippen LogP contribution is -2.33. The Morgan fingerprint density at radius 2 is 1.83 bits per heavy atom. The van der Waals surface area contributed by atoms with E-state index in [-0.39, 0.29) is 12.0 Å². The molecule has 0 saturated heterocycles. The van der Waals surface area contributed by atoms with E-state index < -0.39 is 18.2 Å². The molecule has 0 saturated carbocycles. The Morgan fingerprint density at radius 3 is 2.39 bits per heavy atom. The van der Waals surface area contributed by atoms with Gasteiger partial charge in [0.05, 0.1) is 5.56 Å². The second kappa shape index (κ2) is 9.93. The molecule has 0 aliphatic rings. The Bertz CT molecular complexity index is 474. The number of rotatable bonds is 9. The number of esters is 1. The molecule has 1 atom stereocenters. The van der Waals surface area contributed by atoms with Crippen molar-refractivity contribution in [3.05, 3.63) is 34.3 Å². The van der Waals surface area contributed by atoms with Crippen molar-refractivity contribution in [1.29, 1.82) is 0 Å². The highest BCUT2D eigenvalue weighted by Crippen LogP contribution is 2.28. The average molecular weight is 397 g/mol. The number of carbonyl (C=O) groups is 1. The molecule has 1 aromatic rings. The van der Waals surface area contributed by atoms with Crippen LogP contribution in [-0.2, 0) is 9.47 Å². The largest absolute Gasteiger partial charge is 0.449 e. The van der Waals surface area contributed by atoms with Crippen molar-refractivity contribution in [1.82, 2.24) is 0 Å². The number of carbonyl (C=O) groups excluding carboxylic acids is 1. The number of alkyl halides is 3. The zero-order valence-electron chi connectivity index (χ0n) is 12.9. The maximum Gasteiger partial charge on any atom is 0.425 e. The molecule has 0 N–H and O–H groups in total. The summed E-state index contributed by atoms with van der Waals surface area (Å²) < 4.78 is 49.5. The van der Waals surface area contributed by atoms with Gasteiger partial charge in [0, 0.05) is 17.7 Å². The van der Waals surface area contributed by atoms with Crippen molar-refractivity contribution in [2.75, 3.05) is 13.2 Å². The summed E-state index contributed by atoms with van der Waals surface area (Å²) in [5.41, 5.74) is 0.0961. The van der Waals surface area contributed by atoms with Crippen LogP contribution >= 0.6 is 15.9 Å². The third-order valence-corrected chi connectivity index (χ3v) is 3.68. The van der Waals surface area contributed by atoms with Crippen LogP contribution < -0.4 is 0 Å². The normalized spacial score (nSPS) is 12.9. The van der Waals surface area contributed by atoms with E-state index >= 15 is 0 Å². The predicted molar refractivity (Wildman–Crippen MR) is 84.4 cm³/mol. The van der Waals surface area contributed by atoms with Gasteiger partial charge in [-0.3, -0.25) is 0 Å². The second-order valence-corrected chi connectivity index (χ2v) is 5.90. The molecule has 130 valence electrons. The summed E-state index contributed by atoms with van der Waals surface area (Å²) in [4.78, 5) is 11.8. The van der Waals surface area contributed by atoms with Gasteiger partial charge in [-0.05, 0) is 50.5 Å². The fourth-order valence-corrected chi connectivity index (χ4v) is 2.19. The fourth-order valence-electron chi connectivity index (χ4n) is 1.93. The van der Waals surface area contributed by atoms with Crippen LogP contribution in [0.3, 0.4) is 0 Å². The number of hydrogen-bond acceptors (Lipinski definition) is 3. The molecule has 0 fully saturated rings. The predicted octanol–water partition coefficient (Wildman–Crippen LogP) is 5.13. The molecular weight excluding hydrogens is 377 g/mol. The van der Waals surface area contributed by atoms with Crippen LogP contribution in [0.2, 0.25) is 0 Å². The quantitative estimate of drug-likeness (QED) is 0.428. The van der Waals surface area contributed by atoms with Gasteiger partial charge in [0.1, 0.15) is 0 Å². The lowest BCUT2D eigenvalue weighted by atomic mass is 10.1. The van der Waals surface area contributed by atoms with Crippen LogP contribution in [0.1, 0.15) is 43.0 Å². The van der Waals surface area contributed by atoms with Crippen LogP contribution in [-0.4, -0.2) is 31.5 Å². The Balaban J connectivity index is 2.51. The first-order chi connectivity index (χ1) is 10.8. The van der Waals surface area contributed by atoms with Gasteiger partial charge in [-0.2, -0.15) is 13.2 Å². The van der Waals surface area contributed by atoms with Gasteiger partial charge in [-0.1, -0.05) is 22.4 Å². The molecule has 0 aromatic heterocycles. The standard InChI is InChI=1S/C16H20BrF3O3/c1-2-22-11-5-3-4-6-14(16(18,19)20)23-15(21)12-7-9-13(17)10-8-12/h7-10,14H,2-6,11H2,1H3/t14-/m0/s1. The molecule has 0 unspecified atom stereocenters. The highest BCUT2D eigenvalue weighted by molar-refractivity contribution is 9.10. The van der Waals surface area contributed by atoms with Gasteiger partial charge in [0.15, 0.2) is 6.10 Å². The van der Waals surface area contributed by atoms with Crippen molar-refractivity contribution < 1.29 is 27.4 Å². The van der Waals surface area contributed by atoms with Gasteiger partial charge in [-0.15, -0.1) is 0 Å². The molecule has 0 aliphatic carbocycles. The van der Waals surface area contributed by atoms with Crippen molar-refractivity contribution in [2.24, 2.45) is 0 Å². The number of hydrogen-bond donors (Lipinski definition) is 0. The van der Waals surface area contributed by atoms with Gasteiger partial charge in [-0.25, -0.2) is 4.79 Å². The lowest BCUT2D eigenvalue weighted by molar-refractivity contribution is -0.206. The van der Waals surface area contributed by atoms with E-state index in [0.29, 0.717) is 32.5 Å². The maximum absolute atomic E-state index is 13.0. The molecule has 0 amide bonds. The molecule has 0 aliphatic heterocycles. The summed E-state index contributed by atoms with van der Waals surface area (Å²) in [6.07, 6.45) is -5.26. The molecule has 23 heavy (non-hydrogen) atoms. The SMILES string of the molecule is CCOCCCCC[C@H](OC(=O)c1ccc(Br)cc1)C(F)(F)F. The minimum atomic E-state index is -4.56. The summed E-state index contributed by atoms with van der Waals surface area (Å²) in [6.45, 7) is 2.99. The Labute approximate surface area is 142 Å². The van der Waals surface area contributed by atoms with Gasteiger partial charge in [0.25, 0.3) is 0 Å². The Morgan fingerprint density at radius 1 is 1.17 bits per heavy atom. The zero-order chi connectivity index (χ0) is 17.3. The van der Waals surface area contributed by atoms with Crippen molar-refractivity contribution in [2.45, 2.75) is 44.9 Å². The molecule has 7 heteroatoms. The first kappa shape index (κ1) is 20.0. The van der Waals surface area contributed by atoms with Crippen LogP contribution in [0.25, 0.3) is 0 Å². The molecular formula is C16H20BrF3O3. The Kier molecular flexibility index (Phi) is 8.62. The van der Waals surface area contributed by atoms with E-state index in [0.717, 1.165) is 4.47 Å².